The van der Waals surface area contributed by atoms with Crippen molar-refractivity contribution in [1.29, 1.82) is 0 Å². The fourth-order valence-electron chi connectivity index (χ4n) is 3.46. The van der Waals surface area contributed by atoms with Gasteiger partial charge >= 0.3 is 0 Å². The van der Waals surface area contributed by atoms with E-state index in [1.807, 2.05) is 30.3 Å². The molecule has 5 rings (SSSR count). The molecule has 3 heterocycles. The summed E-state index contributed by atoms with van der Waals surface area (Å²) in [4.78, 5) is 15.1. The van der Waals surface area contributed by atoms with Gasteiger partial charge in [0.25, 0.3) is 0 Å². The van der Waals surface area contributed by atoms with E-state index in [1.54, 1.807) is 18.6 Å². The SMILES string of the molecule is c1ccc(COc2ccc(CN3CC(c4nc(-c5cnccn5)no4)C3)cc2)cc1. The third-order valence-electron chi connectivity index (χ3n) is 5.12. The van der Waals surface area contributed by atoms with Crippen LogP contribution < -0.4 is 4.74 Å². The Morgan fingerprint density at radius 3 is 2.57 bits per heavy atom. The Labute approximate surface area is 174 Å². The lowest BCUT2D eigenvalue weighted by Crippen LogP contribution is -2.44. The topological polar surface area (TPSA) is 77.2 Å². The van der Waals surface area contributed by atoms with Gasteiger partial charge in [0.15, 0.2) is 0 Å². The van der Waals surface area contributed by atoms with Crippen molar-refractivity contribution in [3.05, 3.63) is 90.2 Å². The van der Waals surface area contributed by atoms with Crippen molar-refractivity contribution >= 4 is 0 Å². The Hall–Kier alpha value is -3.58. The van der Waals surface area contributed by atoms with Crippen molar-refractivity contribution < 1.29 is 9.26 Å². The van der Waals surface area contributed by atoms with Crippen molar-refractivity contribution in [3.8, 4) is 17.3 Å². The molecule has 4 aromatic rings. The van der Waals surface area contributed by atoms with Crippen LogP contribution in [0.4, 0.5) is 0 Å². The van der Waals surface area contributed by atoms with Gasteiger partial charge in [-0.25, -0.2) is 4.98 Å². The quantitative estimate of drug-likeness (QED) is 0.469. The number of likely N-dealkylation sites (tertiary alicyclic amines) is 1. The molecular weight excluding hydrogens is 378 g/mol. The minimum Gasteiger partial charge on any atom is -0.489 e. The predicted octanol–water partition coefficient (Wildman–Crippen LogP) is 3.71. The first-order valence-electron chi connectivity index (χ1n) is 9.91. The van der Waals surface area contributed by atoms with Gasteiger partial charge in [0.1, 0.15) is 18.1 Å². The van der Waals surface area contributed by atoms with Gasteiger partial charge in [0.05, 0.1) is 12.1 Å². The monoisotopic (exact) mass is 399 g/mol. The third kappa shape index (κ3) is 4.21. The van der Waals surface area contributed by atoms with Gasteiger partial charge < -0.3 is 9.26 Å². The molecule has 0 unspecified atom stereocenters. The van der Waals surface area contributed by atoms with Crippen LogP contribution in [0.15, 0.2) is 77.7 Å². The minimum absolute atomic E-state index is 0.261. The Morgan fingerprint density at radius 2 is 1.80 bits per heavy atom. The summed E-state index contributed by atoms with van der Waals surface area (Å²) in [6, 6.07) is 18.5. The summed E-state index contributed by atoms with van der Waals surface area (Å²) in [5.74, 6) is 2.29. The molecule has 0 spiro atoms. The van der Waals surface area contributed by atoms with Crippen molar-refractivity contribution in [2.45, 2.75) is 19.1 Å². The number of ether oxygens (including phenoxy) is 1. The molecule has 7 nitrogen and oxygen atoms in total. The molecule has 0 amide bonds. The largest absolute Gasteiger partial charge is 0.489 e. The molecule has 1 saturated heterocycles. The Kier molecular flexibility index (Phi) is 5.18. The van der Waals surface area contributed by atoms with Crippen LogP contribution in [-0.4, -0.2) is 38.1 Å². The van der Waals surface area contributed by atoms with Crippen molar-refractivity contribution in [2.24, 2.45) is 0 Å². The van der Waals surface area contributed by atoms with Gasteiger partial charge in [-0.15, -0.1) is 0 Å². The molecule has 30 heavy (non-hydrogen) atoms. The third-order valence-corrected chi connectivity index (χ3v) is 5.12. The van der Waals surface area contributed by atoms with Crippen molar-refractivity contribution in [3.63, 3.8) is 0 Å². The number of hydrogen-bond donors (Lipinski definition) is 0. The molecule has 0 aliphatic carbocycles. The molecule has 2 aromatic carbocycles. The standard InChI is InChI=1S/C23H21N5O2/c1-2-4-18(5-3-1)16-29-20-8-6-17(7-9-20)13-28-14-19(15-28)23-26-22(27-30-23)21-12-24-10-11-25-21/h1-12,19H,13-16H2. The summed E-state index contributed by atoms with van der Waals surface area (Å²) >= 11 is 0. The fraction of sp³-hybridized carbons (Fsp3) is 0.217. The van der Waals surface area contributed by atoms with Crippen LogP contribution in [-0.2, 0) is 13.2 Å². The van der Waals surface area contributed by atoms with Gasteiger partial charge in [-0.3, -0.25) is 9.88 Å². The maximum atomic E-state index is 5.86. The van der Waals surface area contributed by atoms with Crippen LogP contribution in [0, 0.1) is 0 Å². The number of rotatable bonds is 7. The summed E-state index contributed by atoms with van der Waals surface area (Å²) in [6.07, 6.45) is 4.87. The molecule has 0 atom stereocenters. The van der Waals surface area contributed by atoms with Crippen LogP contribution in [0.2, 0.25) is 0 Å². The average Bonchev–Trinajstić information content (AvgIpc) is 3.26. The molecule has 1 fully saturated rings. The molecule has 2 aromatic heterocycles. The van der Waals surface area contributed by atoms with Crippen LogP contribution >= 0.6 is 0 Å². The van der Waals surface area contributed by atoms with E-state index in [4.69, 9.17) is 9.26 Å². The first-order chi connectivity index (χ1) is 14.8. The summed E-state index contributed by atoms with van der Waals surface area (Å²) < 4.78 is 11.3. The highest BCUT2D eigenvalue weighted by molar-refractivity contribution is 5.45. The van der Waals surface area contributed by atoms with Crippen molar-refractivity contribution in [2.75, 3.05) is 13.1 Å². The lowest BCUT2D eigenvalue weighted by atomic mass is 9.99. The molecule has 1 aliphatic heterocycles. The van der Waals surface area contributed by atoms with E-state index in [0.29, 0.717) is 24.0 Å². The highest BCUT2D eigenvalue weighted by Gasteiger charge is 2.32. The maximum absolute atomic E-state index is 5.86. The van der Waals surface area contributed by atoms with Gasteiger partial charge in [-0.2, -0.15) is 4.98 Å². The lowest BCUT2D eigenvalue weighted by molar-refractivity contribution is 0.117. The lowest BCUT2D eigenvalue weighted by Gasteiger charge is -2.37. The average molecular weight is 399 g/mol. The summed E-state index contributed by atoms with van der Waals surface area (Å²) in [6.45, 7) is 3.26. The Balaban J connectivity index is 1.11. The Morgan fingerprint density at radius 1 is 0.967 bits per heavy atom. The van der Waals surface area contributed by atoms with E-state index in [2.05, 4.69) is 49.3 Å². The van der Waals surface area contributed by atoms with E-state index in [0.717, 1.165) is 30.9 Å². The Bertz CT molecular complexity index is 1080. The van der Waals surface area contributed by atoms with E-state index in [1.165, 1.54) is 5.56 Å². The summed E-state index contributed by atoms with van der Waals surface area (Å²) in [5.41, 5.74) is 3.04. The number of benzene rings is 2. The second kappa shape index (κ2) is 8.42. The van der Waals surface area contributed by atoms with E-state index in [9.17, 15) is 0 Å². The zero-order valence-corrected chi connectivity index (χ0v) is 16.4. The van der Waals surface area contributed by atoms with Gasteiger partial charge in [-0.1, -0.05) is 47.6 Å². The molecule has 0 N–H and O–H groups in total. The van der Waals surface area contributed by atoms with Gasteiger partial charge in [-0.05, 0) is 23.3 Å². The molecule has 1 aliphatic rings. The number of aromatic nitrogens is 4. The predicted molar refractivity (Wildman–Crippen MR) is 111 cm³/mol. The van der Waals surface area contributed by atoms with Crippen LogP contribution in [0.3, 0.4) is 0 Å². The molecule has 150 valence electrons. The first-order valence-corrected chi connectivity index (χ1v) is 9.91. The smallest absolute Gasteiger partial charge is 0.232 e. The highest BCUT2D eigenvalue weighted by atomic mass is 16.5. The fourth-order valence-corrected chi connectivity index (χ4v) is 3.46. The van der Waals surface area contributed by atoms with Crippen molar-refractivity contribution in [1.82, 2.24) is 25.0 Å². The second-order valence-electron chi connectivity index (χ2n) is 7.36. The van der Waals surface area contributed by atoms with E-state index >= 15 is 0 Å². The molecule has 0 bridgehead atoms. The summed E-state index contributed by atoms with van der Waals surface area (Å²) in [5, 5.41) is 4.03. The number of hydrogen-bond acceptors (Lipinski definition) is 7. The van der Waals surface area contributed by atoms with Crippen LogP contribution in [0.5, 0.6) is 5.75 Å². The molecule has 7 heteroatoms. The van der Waals surface area contributed by atoms with Gasteiger partial charge in [0.2, 0.25) is 11.7 Å². The molecule has 0 saturated carbocycles. The normalized spacial score (nSPS) is 14.4. The molecule has 0 radical (unpaired) electrons. The van der Waals surface area contributed by atoms with E-state index < -0.39 is 0 Å². The zero-order chi connectivity index (χ0) is 20.2. The number of nitrogens with zero attached hydrogens (tertiary/aromatic N) is 5. The highest BCUT2D eigenvalue weighted by Crippen LogP contribution is 2.28. The summed E-state index contributed by atoms with van der Waals surface area (Å²) in [7, 11) is 0. The van der Waals surface area contributed by atoms with E-state index in [-0.39, 0.29) is 5.92 Å². The maximum Gasteiger partial charge on any atom is 0.232 e. The van der Waals surface area contributed by atoms with Crippen LogP contribution in [0.1, 0.15) is 22.9 Å². The molecular formula is C23H21N5O2. The van der Waals surface area contributed by atoms with Crippen LogP contribution in [0.25, 0.3) is 11.5 Å². The first kappa shape index (κ1) is 18.4. The zero-order valence-electron chi connectivity index (χ0n) is 16.4. The minimum atomic E-state index is 0.261. The van der Waals surface area contributed by atoms with Gasteiger partial charge in [0, 0.05) is 32.0 Å². The second-order valence-corrected chi connectivity index (χ2v) is 7.36.